The lowest BCUT2D eigenvalue weighted by Crippen LogP contribution is -2.35. The van der Waals surface area contributed by atoms with Crippen LogP contribution in [-0.4, -0.2) is 31.6 Å². The Balaban J connectivity index is 1.76. The summed E-state index contributed by atoms with van der Waals surface area (Å²) in [6.07, 6.45) is 5.50. The third-order valence-corrected chi connectivity index (χ3v) is 3.89. The molecule has 1 aliphatic rings. The molecule has 0 aliphatic carbocycles. The Morgan fingerprint density at radius 2 is 2.11 bits per heavy atom. The number of nitrogens with one attached hydrogen (secondary N) is 1. The molecule has 1 aromatic carbocycles. The first-order valence-corrected chi connectivity index (χ1v) is 7.29. The molecular weight excluding hydrogens is 220 g/mol. The van der Waals surface area contributed by atoms with Crippen LogP contribution in [0.5, 0.6) is 0 Å². The molecule has 0 saturated carbocycles. The molecule has 1 aliphatic heterocycles. The molecular formula is C16H26N2. The largest absolute Gasteiger partial charge is 0.320 e. The number of rotatable bonds is 6. The summed E-state index contributed by atoms with van der Waals surface area (Å²) in [4.78, 5) is 2.63. The number of benzene rings is 1. The topological polar surface area (TPSA) is 15.3 Å². The second-order valence-electron chi connectivity index (χ2n) is 5.47. The van der Waals surface area contributed by atoms with E-state index in [9.17, 15) is 0 Å². The molecule has 1 heterocycles. The van der Waals surface area contributed by atoms with Gasteiger partial charge in [0.25, 0.3) is 0 Å². The van der Waals surface area contributed by atoms with Crippen molar-refractivity contribution in [2.45, 2.75) is 32.2 Å². The van der Waals surface area contributed by atoms with E-state index in [0.29, 0.717) is 0 Å². The first-order chi connectivity index (χ1) is 8.88. The minimum absolute atomic E-state index is 0.913. The quantitative estimate of drug-likeness (QED) is 0.776. The predicted octanol–water partition coefficient (Wildman–Crippen LogP) is 2.90. The van der Waals surface area contributed by atoms with Gasteiger partial charge in [-0.05, 0) is 57.3 Å². The van der Waals surface area contributed by atoms with Gasteiger partial charge in [0.05, 0.1) is 0 Å². The van der Waals surface area contributed by atoms with Crippen LogP contribution >= 0.6 is 0 Å². The second-order valence-corrected chi connectivity index (χ2v) is 5.47. The molecule has 100 valence electrons. The van der Waals surface area contributed by atoms with Crippen LogP contribution in [0.15, 0.2) is 30.3 Å². The normalized spacial score (nSPS) is 21.1. The number of nitrogens with zero attached hydrogens (tertiary/aromatic N) is 1. The number of likely N-dealkylation sites (tertiary alicyclic amines) is 1. The van der Waals surface area contributed by atoms with Crippen molar-refractivity contribution in [1.29, 1.82) is 0 Å². The van der Waals surface area contributed by atoms with Crippen LogP contribution in [-0.2, 0) is 6.54 Å². The molecule has 1 fully saturated rings. The van der Waals surface area contributed by atoms with E-state index in [4.69, 9.17) is 0 Å². The van der Waals surface area contributed by atoms with Crippen molar-refractivity contribution in [1.82, 2.24) is 10.2 Å². The van der Waals surface area contributed by atoms with Crippen LogP contribution < -0.4 is 5.32 Å². The zero-order valence-corrected chi connectivity index (χ0v) is 11.6. The van der Waals surface area contributed by atoms with Gasteiger partial charge in [-0.2, -0.15) is 0 Å². The van der Waals surface area contributed by atoms with Crippen molar-refractivity contribution in [3.05, 3.63) is 35.9 Å². The number of piperidine rings is 1. The zero-order chi connectivity index (χ0) is 12.6. The highest BCUT2D eigenvalue weighted by molar-refractivity contribution is 5.14. The van der Waals surface area contributed by atoms with E-state index < -0.39 is 0 Å². The third kappa shape index (κ3) is 4.43. The minimum atomic E-state index is 0.913. The van der Waals surface area contributed by atoms with Gasteiger partial charge in [0.2, 0.25) is 0 Å². The summed E-state index contributed by atoms with van der Waals surface area (Å²) >= 11 is 0. The molecule has 2 nitrogen and oxygen atoms in total. The van der Waals surface area contributed by atoms with Crippen LogP contribution in [0.4, 0.5) is 0 Å². The van der Waals surface area contributed by atoms with Crippen molar-refractivity contribution in [3.63, 3.8) is 0 Å². The molecule has 1 N–H and O–H groups in total. The first kappa shape index (κ1) is 13.6. The highest BCUT2D eigenvalue weighted by Crippen LogP contribution is 2.22. The average Bonchev–Trinajstić information content (AvgIpc) is 2.41. The number of hydrogen-bond acceptors (Lipinski definition) is 2. The Morgan fingerprint density at radius 3 is 2.89 bits per heavy atom. The molecule has 1 unspecified atom stereocenters. The van der Waals surface area contributed by atoms with E-state index in [2.05, 4.69) is 40.5 Å². The SMILES string of the molecule is CNCCCC1CCCN(Cc2ccccc2)C1. The molecule has 0 amide bonds. The van der Waals surface area contributed by atoms with Crippen molar-refractivity contribution in [3.8, 4) is 0 Å². The summed E-state index contributed by atoms with van der Waals surface area (Å²) in [6.45, 7) is 4.86. The summed E-state index contributed by atoms with van der Waals surface area (Å²) in [5.74, 6) is 0.913. The van der Waals surface area contributed by atoms with Crippen LogP contribution in [0.25, 0.3) is 0 Å². The molecule has 0 bridgehead atoms. The van der Waals surface area contributed by atoms with E-state index in [1.54, 1.807) is 0 Å². The maximum absolute atomic E-state index is 3.24. The summed E-state index contributed by atoms with van der Waals surface area (Å²) in [7, 11) is 2.04. The highest BCUT2D eigenvalue weighted by Gasteiger charge is 2.19. The van der Waals surface area contributed by atoms with E-state index in [0.717, 1.165) is 19.0 Å². The summed E-state index contributed by atoms with van der Waals surface area (Å²) in [5, 5.41) is 3.24. The summed E-state index contributed by atoms with van der Waals surface area (Å²) in [6, 6.07) is 10.9. The second kappa shape index (κ2) is 7.55. The van der Waals surface area contributed by atoms with Gasteiger partial charge in [-0.1, -0.05) is 30.3 Å². The Hall–Kier alpha value is -0.860. The summed E-state index contributed by atoms with van der Waals surface area (Å²) in [5.41, 5.74) is 1.45. The predicted molar refractivity (Wildman–Crippen MR) is 77.6 cm³/mol. The maximum Gasteiger partial charge on any atom is 0.0233 e. The van der Waals surface area contributed by atoms with Gasteiger partial charge in [0.15, 0.2) is 0 Å². The van der Waals surface area contributed by atoms with E-state index in [1.807, 2.05) is 7.05 Å². The lowest BCUT2D eigenvalue weighted by atomic mass is 9.93. The Kier molecular flexibility index (Phi) is 5.69. The van der Waals surface area contributed by atoms with Crippen LogP contribution in [0.1, 0.15) is 31.2 Å². The van der Waals surface area contributed by atoms with Gasteiger partial charge in [-0.15, -0.1) is 0 Å². The summed E-state index contributed by atoms with van der Waals surface area (Å²) < 4.78 is 0. The fourth-order valence-electron chi connectivity index (χ4n) is 2.94. The van der Waals surface area contributed by atoms with Gasteiger partial charge in [-0.25, -0.2) is 0 Å². The molecule has 1 atom stereocenters. The molecule has 2 heteroatoms. The molecule has 2 rings (SSSR count). The van der Waals surface area contributed by atoms with Crippen LogP contribution in [0, 0.1) is 5.92 Å². The molecule has 0 radical (unpaired) electrons. The van der Waals surface area contributed by atoms with Gasteiger partial charge >= 0.3 is 0 Å². The van der Waals surface area contributed by atoms with E-state index in [-0.39, 0.29) is 0 Å². The van der Waals surface area contributed by atoms with Crippen LogP contribution in [0.2, 0.25) is 0 Å². The lowest BCUT2D eigenvalue weighted by Gasteiger charge is -2.32. The molecule has 0 aromatic heterocycles. The molecule has 1 aromatic rings. The molecule has 0 spiro atoms. The van der Waals surface area contributed by atoms with Gasteiger partial charge in [0.1, 0.15) is 0 Å². The first-order valence-electron chi connectivity index (χ1n) is 7.29. The number of hydrogen-bond donors (Lipinski definition) is 1. The van der Waals surface area contributed by atoms with E-state index in [1.165, 1.54) is 44.3 Å². The van der Waals surface area contributed by atoms with Gasteiger partial charge in [0, 0.05) is 13.1 Å². The third-order valence-electron chi connectivity index (χ3n) is 3.89. The molecule has 1 saturated heterocycles. The zero-order valence-electron chi connectivity index (χ0n) is 11.6. The van der Waals surface area contributed by atoms with Gasteiger partial charge in [-0.3, -0.25) is 4.90 Å². The average molecular weight is 246 g/mol. The highest BCUT2D eigenvalue weighted by atomic mass is 15.1. The van der Waals surface area contributed by atoms with E-state index >= 15 is 0 Å². The minimum Gasteiger partial charge on any atom is -0.320 e. The monoisotopic (exact) mass is 246 g/mol. The Labute approximate surface area is 111 Å². The fourth-order valence-corrected chi connectivity index (χ4v) is 2.94. The standard InChI is InChI=1S/C16H26N2/c1-17-11-5-9-16-10-6-12-18(14-16)13-15-7-3-2-4-8-15/h2-4,7-8,16-17H,5-6,9-14H2,1H3. The van der Waals surface area contributed by atoms with Crippen molar-refractivity contribution in [2.24, 2.45) is 5.92 Å². The van der Waals surface area contributed by atoms with Crippen LogP contribution in [0.3, 0.4) is 0 Å². The maximum atomic E-state index is 3.24. The fraction of sp³-hybridized carbons (Fsp3) is 0.625. The Bertz CT molecular complexity index is 323. The van der Waals surface area contributed by atoms with Gasteiger partial charge < -0.3 is 5.32 Å². The van der Waals surface area contributed by atoms with Crippen molar-refractivity contribution < 1.29 is 0 Å². The Morgan fingerprint density at radius 1 is 1.28 bits per heavy atom. The van der Waals surface area contributed by atoms with Crippen molar-refractivity contribution >= 4 is 0 Å². The van der Waals surface area contributed by atoms with Crippen molar-refractivity contribution in [2.75, 3.05) is 26.7 Å². The molecule has 18 heavy (non-hydrogen) atoms. The smallest absolute Gasteiger partial charge is 0.0233 e. The lowest BCUT2D eigenvalue weighted by molar-refractivity contribution is 0.160.